The predicted molar refractivity (Wildman–Crippen MR) is 92.1 cm³/mol. The van der Waals surface area contributed by atoms with E-state index >= 15 is 0 Å². The summed E-state index contributed by atoms with van der Waals surface area (Å²) in [5.41, 5.74) is 1.03. The summed E-state index contributed by atoms with van der Waals surface area (Å²) in [6.07, 6.45) is 3.62. The summed E-state index contributed by atoms with van der Waals surface area (Å²) in [7, 11) is 2.00. The number of nitrogens with zero attached hydrogens (tertiary/aromatic N) is 1. The van der Waals surface area contributed by atoms with Crippen molar-refractivity contribution in [3.8, 4) is 11.5 Å². The number of likely N-dealkylation sites (tertiary alicyclic amines) is 1. The van der Waals surface area contributed by atoms with Crippen molar-refractivity contribution < 1.29 is 14.3 Å². The lowest BCUT2D eigenvalue weighted by molar-refractivity contribution is -0.122. The maximum atomic E-state index is 12.2. The normalized spacial score (nSPS) is 17.9. The van der Waals surface area contributed by atoms with Crippen LogP contribution in [0.3, 0.4) is 0 Å². The van der Waals surface area contributed by atoms with Gasteiger partial charge in [-0.15, -0.1) is 0 Å². The zero-order valence-corrected chi connectivity index (χ0v) is 14.3. The van der Waals surface area contributed by atoms with Crippen LogP contribution in [0.5, 0.6) is 11.5 Å². The van der Waals surface area contributed by atoms with E-state index in [0.29, 0.717) is 13.1 Å². The lowest BCUT2D eigenvalue weighted by atomic mass is 9.93. The second kappa shape index (κ2) is 8.35. The lowest BCUT2D eigenvalue weighted by Crippen LogP contribution is -2.41. The Bertz CT molecular complexity index is 556. The molecule has 1 aromatic carbocycles. The van der Waals surface area contributed by atoms with Crippen molar-refractivity contribution in [3.63, 3.8) is 0 Å². The molecule has 24 heavy (non-hydrogen) atoms. The molecule has 0 saturated carbocycles. The maximum Gasteiger partial charge on any atom is 0.234 e. The molecule has 0 atom stereocenters. The molecule has 0 spiro atoms. The second-order valence-electron chi connectivity index (χ2n) is 6.58. The minimum Gasteiger partial charge on any atom is -0.454 e. The Balaban J connectivity index is 1.37. The molecule has 0 aromatic heterocycles. The highest BCUT2D eigenvalue weighted by atomic mass is 16.7. The Morgan fingerprint density at radius 1 is 1.25 bits per heavy atom. The molecular weight excluding hydrogens is 306 g/mol. The van der Waals surface area contributed by atoms with Crippen molar-refractivity contribution in [2.75, 3.05) is 40.0 Å². The number of rotatable bonds is 7. The maximum absolute atomic E-state index is 12.2. The summed E-state index contributed by atoms with van der Waals surface area (Å²) in [5, 5.41) is 6.21. The van der Waals surface area contributed by atoms with Gasteiger partial charge < -0.3 is 20.1 Å². The molecule has 3 rings (SSSR count). The number of hydrogen-bond acceptors (Lipinski definition) is 5. The molecule has 0 unspecified atom stereocenters. The van der Waals surface area contributed by atoms with Crippen LogP contribution < -0.4 is 20.1 Å². The number of amides is 1. The van der Waals surface area contributed by atoms with Crippen molar-refractivity contribution in [3.05, 3.63) is 23.8 Å². The van der Waals surface area contributed by atoms with Crippen LogP contribution in [0, 0.1) is 5.92 Å². The second-order valence-corrected chi connectivity index (χ2v) is 6.58. The molecule has 2 N–H and O–H groups in total. The summed E-state index contributed by atoms with van der Waals surface area (Å²) in [4.78, 5) is 14.4. The fraction of sp³-hybridized carbons (Fsp3) is 0.611. The van der Waals surface area contributed by atoms with E-state index in [1.807, 2.05) is 25.2 Å². The first-order valence-corrected chi connectivity index (χ1v) is 8.77. The molecule has 6 nitrogen and oxygen atoms in total. The molecule has 1 aromatic rings. The summed E-state index contributed by atoms with van der Waals surface area (Å²) in [5.74, 6) is 2.41. The highest BCUT2D eigenvalue weighted by Gasteiger charge is 2.20. The van der Waals surface area contributed by atoms with Crippen molar-refractivity contribution in [2.45, 2.75) is 25.8 Å². The highest BCUT2D eigenvalue weighted by Crippen LogP contribution is 2.32. The minimum absolute atomic E-state index is 0.0846. The zero-order valence-electron chi connectivity index (χ0n) is 14.3. The van der Waals surface area contributed by atoms with Crippen LogP contribution >= 0.6 is 0 Å². The van der Waals surface area contributed by atoms with Crippen LogP contribution in [-0.4, -0.2) is 50.8 Å². The van der Waals surface area contributed by atoms with E-state index in [2.05, 4.69) is 15.5 Å². The van der Waals surface area contributed by atoms with Gasteiger partial charge in [-0.05, 0) is 69.6 Å². The predicted octanol–water partition coefficient (Wildman–Crippen LogP) is 1.35. The number of piperidine rings is 1. The van der Waals surface area contributed by atoms with Gasteiger partial charge in [-0.1, -0.05) is 6.07 Å². The van der Waals surface area contributed by atoms with Gasteiger partial charge >= 0.3 is 0 Å². The van der Waals surface area contributed by atoms with E-state index in [4.69, 9.17) is 9.47 Å². The van der Waals surface area contributed by atoms with Crippen LogP contribution in [0.25, 0.3) is 0 Å². The van der Waals surface area contributed by atoms with Gasteiger partial charge in [0.1, 0.15) is 0 Å². The molecule has 2 heterocycles. The first kappa shape index (κ1) is 17.0. The van der Waals surface area contributed by atoms with Gasteiger partial charge in [-0.25, -0.2) is 0 Å². The van der Waals surface area contributed by atoms with Crippen molar-refractivity contribution in [2.24, 2.45) is 5.92 Å². The first-order chi connectivity index (χ1) is 11.7. The number of benzene rings is 1. The number of nitrogens with one attached hydrogen (secondary N) is 2. The quantitative estimate of drug-likeness (QED) is 0.789. The van der Waals surface area contributed by atoms with Gasteiger partial charge in [0.05, 0.1) is 6.54 Å². The topological polar surface area (TPSA) is 62.8 Å². The van der Waals surface area contributed by atoms with E-state index in [-0.39, 0.29) is 12.7 Å². The molecule has 6 heteroatoms. The van der Waals surface area contributed by atoms with E-state index in [0.717, 1.165) is 42.6 Å². The third-order valence-electron chi connectivity index (χ3n) is 4.80. The van der Waals surface area contributed by atoms with Gasteiger partial charge in [0, 0.05) is 6.54 Å². The zero-order chi connectivity index (χ0) is 16.8. The first-order valence-electron chi connectivity index (χ1n) is 8.77. The smallest absolute Gasteiger partial charge is 0.234 e. The van der Waals surface area contributed by atoms with E-state index in [1.54, 1.807) is 0 Å². The number of carbonyl (C=O) groups is 1. The Morgan fingerprint density at radius 2 is 2.04 bits per heavy atom. The number of ether oxygens (including phenoxy) is 2. The molecule has 132 valence electrons. The fourth-order valence-electron chi connectivity index (χ4n) is 3.29. The van der Waals surface area contributed by atoms with Crippen LogP contribution in [0.1, 0.15) is 24.8 Å². The van der Waals surface area contributed by atoms with E-state index in [9.17, 15) is 4.79 Å². The number of carbonyl (C=O) groups excluding carboxylic acids is 1. The molecule has 1 fully saturated rings. The van der Waals surface area contributed by atoms with Crippen LogP contribution in [-0.2, 0) is 11.3 Å². The largest absolute Gasteiger partial charge is 0.454 e. The molecule has 0 radical (unpaired) electrons. The summed E-state index contributed by atoms with van der Waals surface area (Å²) in [6, 6.07) is 5.77. The average molecular weight is 333 g/mol. The third kappa shape index (κ3) is 4.61. The van der Waals surface area contributed by atoms with Gasteiger partial charge in [0.2, 0.25) is 12.7 Å². The molecule has 0 aliphatic carbocycles. The summed E-state index contributed by atoms with van der Waals surface area (Å²) >= 11 is 0. The molecule has 2 aliphatic heterocycles. The lowest BCUT2D eigenvalue weighted by Gasteiger charge is -2.31. The Kier molecular flexibility index (Phi) is 5.93. The summed E-state index contributed by atoms with van der Waals surface area (Å²) in [6.45, 7) is 4.41. The van der Waals surface area contributed by atoms with Crippen molar-refractivity contribution in [1.29, 1.82) is 0 Å². The Labute approximate surface area is 143 Å². The minimum atomic E-state index is 0.0846. The van der Waals surface area contributed by atoms with Crippen LogP contribution in [0.4, 0.5) is 0 Å². The van der Waals surface area contributed by atoms with Gasteiger partial charge in [0.25, 0.3) is 0 Å². The average Bonchev–Trinajstić information content (AvgIpc) is 3.07. The molecule has 1 saturated heterocycles. The molecule has 0 bridgehead atoms. The molecule has 1 amide bonds. The standard InChI is InChI=1S/C18H27N3O3/c1-19-7-4-14-5-8-21(9-6-14)12-18(22)20-11-15-2-3-16-17(10-15)24-13-23-16/h2-3,10,14,19H,4-9,11-13H2,1H3,(H,20,22). The Hall–Kier alpha value is -1.79. The number of fused-ring (bicyclic) bond motifs is 1. The molecule has 2 aliphatic rings. The highest BCUT2D eigenvalue weighted by molar-refractivity contribution is 5.78. The van der Waals surface area contributed by atoms with Crippen molar-refractivity contribution in [1.82, 2.24) is 15.5 Å². The monoisotopic (exact) mass is 333 g/mol. The van der Waals surface area contributed by atoms with Crippen molar-refractivity contribution >= 4 is 5.91 Å². The summed E-state index contributed by atoms with van der Waals surface area (Å²) < 4.78 is 10.7. The van der Waals surface area contributed by atoms with Crippen LogP contribution in [0.2, 0.25) is 0 Å². The third-order valence-corrected chi connectivity index (χ3v) is 4.80. The SMILES string of the molecule is CNCCC1CCN(CC(=O)NCc2ccc3c(c2)OCO3)CC1. The van der Waals surface area contributed by atoms with E-state index < -0.39 is 0 Å². The fourth-order valence-corrected chi connectivity index (χ4v) is 3.29. The van der Waals surface area contributed by atoms with Crippen LogP contribution in [0.15, 0.2) is 18.2 Å². The molecular formula is C18H27N3O3. The van der Waals surface area contributed by atoms with Gasteiger partial charge in [0.15, 0.2) is 11.5 Å². The number of hydrogen-bond donors (Lipinski definition) is 2. The Morgan fingerprint density at radius 3 is 2.83 bits per heavy atom. The van der Waals surface area contributed by atoms with E-state index in [1.165, 1.54) is 19.3 Å². The van der Waals surface area contributed by atoms with Gasteiger partial charge in [-0.2, -0.15) is 0 Å². The van der Waals surface area contributed by atoms with Gasteiger partial charge in [-0.3, -0.25) is 9.69 Å².